The minimum Gasteiger partial charge on any atom is -0.381 e. The number of anilines is 1. The van der Waals surface area contributed by atoms with Crippen LogP contribution in [0.5, 0.6) is 0 Å². The molecule has 19 heavy (non-hydrogen) atoms. The van der Waals surface area contributed by atoms with Gasteiger partial charge in [0.25, 0.3) is 5.91 Å². The van der Waals surface area contributed by atoms with Gasteiger partial charge >= 0.3 is 0 Å². The zero-order chi connectivity index (χ0) is 13.7. The average molecular weight is 263 g/mol. The zero-order valence-corrected chi connectivity index (χ0v) is 11.6. The first kappa shape index (κ1) is 13.8. The Morgan fingerprint density at radius 1 is 1.63 bits per heavy atom. The summed E-state index contributed by atoms with van der Waals surface area (Å²) in [5.74, 6) is 1.07. The van der Waals surface area contributed by atoms with Crippen LogP contribution in [0.25, 0.3) is 0 Å². The van der Waals surface area contributed by atoms with Gasteiger partial charge in [-0.05, 0) is 30.9 Å². The number of carbonyl (C=O) groups is 1. The quantitative estimate of drug-likeness (QED) is 0.897. The fourth-order valence-corrected chi connectivity index (χ4v) is 2.40. The van der Waals surface area contributed by atoms with Gasteiger partial charge in [0, 0.05) is 33.4 Å². The molecular weight excluding hydrogens is 242 g/mol. The number of amides is 1. The molecule has 0 aromatic carbocycles. The Kier molecular flexibility index (Phi) is 4.74. The van der Waals surface area contributed by atoms with Crippen LogP contribution in [0.15, 0.2) is 18.3 Å². The van der Waals surface area contributed by atoms with Crippen molar-refractivity contribution in [2.75, 3.05) is 39.2 Å². The van der Waals surface area contributed by atoms with Gasteiger partial charge in [-0.25, -0.2) is 4.98 Å². The van der Waals surface area contributed by atoms with Gasteiger partial charge in [0.1, 0.15) is 5.82 Å². The van der Waals surface area contributed by atoms with Crippen LogP contribution in [0.1, 0.15) is 23.2 Å². The molecule has 1 N–H and O–H groups in total. The molecule has 1 aliphatic heterocycles. The molecule has 0 radical (unpaired) electrons. The fourth-order valence-electron chi connectivity index (χ4n) is 2.40. The van der Waals surface area contributed by atoms with Crippen molar-refractivity contribution in [2.45, 2.75) is 12.8 Å². The molecule has 1 aromatic rings. The van der Waals surface area contributed by atoms with Gasteiger partial charge in [-0.3, -0.25) is 4.79 Å². The minimum absolute atomic E-state index is 0.00280. The van der Waals surface area contributed by atoms with E-state index < -0.39 is 0 Å². The summed E-state index contributed by atoms with van der Waals surface area (Å²) in [4.78, 5) is 18.3. The van der Waals surface area contributed by atoms with Crippen molar-refractivity contribution in [3.05, 3.63) is 23.9 Å². The Balaban J connectivity index is 2.01. The Hall–Kier alpha value is -1.62. The van der Waals surface area contributed by atoms with E-state index in [0.717, 1.165) is 32.6 Å². The third-order valence-electron chi connectivity index (χ3n) is 3.41. The molecule has 5 nitrogen and oxygen atoms in total. The monoisotopic (exact) mass is 263 g/mol. The van der Waals surface area contributed by atoms with Crippen LogP contribution in [-0.4, -0.2) is 49.6 Å². The van der Waals surface area contributed by atoms with Crippen LogP contribution in [0.4, 0.5) is 5.82 Å². The predicted octanol–water partition coefficient (Wildman–Crippen LogP) is 1.62. The van der Waals surface area contributed by atoms with E-state index in [-0.39, 0.29) is 5.91 Å². The lowest BCUT2D eigenvalue weighted by atomic mass is 10.0. The molecular formula is C14H21N3O2. The molecule has 1 atom stereocenters. The van der Waals surface area contributed by atoms with Crippen molar-refractivity contribution in [2.24, 2.45) is 5.92 Å². The number of ether oxygens (including phenoxy) is 1. The van der Waals surface area contributed by atoms with Crippen molar-refractivity contribution in [3.63, 3.8) is 0 Å². The van der Waals surface area contributed by atoms with Crippen LogP contribution >= 0.6 is 0 Å². The second-order valence-corrected chi connectivity index (χ2v) is 4.92. The Bertz CT molecular complexity index is 430. The van der Waals surface area contributed by atoms with Crippen molar-refractivity contribution in [1.82, 2.24) is 9.88 Å². The molecule has 0 spiro atoms. The van der Waals surface area contributed by atoms with Crippen molar-refractivity contribution >= 4 is 11.7 Å². The summed E-state index contributed by atoms with van der Waals surface area (Å²) < 4.78 is 5.45. The smallest absolute Gasteiger partial charge is 0.257 e. The van der Waals surface area contributed by atoms with Gasteiger partial charge in [-0.2, -0.15) is 0 Å². The number of nitrogens with zero attached hydrogens (tertiary/aromatic N) is 2. The highest BCUT2D eigenvalue weighted by Gasteiger charge is 2.21. The van der Waals surface area contributed by atoms with Crippen LogP contribution in [0, 0.1) is 5.92 Å². The molecule has 1 saturated heterocycles. The van der Waals surface area contributed by atoms with E-state index in [1.54, 1.807) is 30.3 Å². The van der Waals surface area contributed by atoms with Gasteiger partial charge in [0.15, 0.2) is 0 Å². The van der Waals surface area contributed by atoms with Crippen LogP contribution in [-0.2, 0) is 4.74 Å². The molecule has 1 fully saturated rings. The van der Waals surface area contributed by atoms with Gasteiger partial charge in [-0.1, -0.05) is 0 Å². The van der Waals surface area contributed by atoms with Gasteiger partial charge in [-0.15, -0.1) is 0 Å². The predicted molar refractivity (Wildman–Crippen MR) is 74.3 cm³/mol. The number of nitrogens with one attached hydrogen (secondary N) is 1. The first-order valence-corrected chi connectivity index (χ1v) is 6.68. The molecule has 1 unspecified atom stereocenters. The van der Waals surface area contributed by atoms with Crippen LogP contribution < -0.4 is 5.32 Å². The van der Waals surface area contributed by atoms with E-state index in [0.29, 0.717) is 17.3 Å². The van der Waals surface area contributed by atoms with E-state index >= 15 is 0 Å². The number of hydrogen-bond donors (Lipinski definition) is 1. The SMILES string of the molecule is CNc1ncccc1C(=O)N(C)CC1CCCOC1. The summed E-state index contributed by atoms with van der Waals surface area (Å²) in [5.41, 5.74) is 0.615. The number of carbonyl (C=O) groups excluding carboxylic acids is 1. The van der Waals surface area contributed by atoms with E-state index in [1.165, 1.54) is 0 Å². The lowest BCUT2D eigenvalue weighted by molar-refractivity contribution is 0.0389. The molecule has 5 heteroatoms. The number of aromatic nitrogens is 1. The first-order valence-electron chi connectivity index (χ1n) is 6.68. The van der Waals surface area contributed by atoms with Gasteiger partial charge in [0.05, 0.1) is 12.2 Å². The molecule has 1 aliphatic rings. The average Bonchev–Trinajstić information content (AvgIpc) is 2.47. The van der Waals surface area contributed by atoms with E-state index in [4.69, 9.17) is 4.74 Å². The maximum absolute atomic E-state index is 12.4. The fraction of sp³-hybridized carbons (Fsp3) is 0.571. The second-order valence-electron chi connectivity index (χ2n) is 4.92. The molecule has 0 saturated carbocycles. The van der Waals surface area contributed by atoms with E-state index in [1.807, 2.05) is 7.05 Å². The Morgan fingerprint density at radius 3 is 3.16 bits per heavy atom. The van der Waals surface area contributed by atoms with Gasteiger partial charge < -0.3 is 15.0 Å². The maximum atomic E-state index is 12.4. The highest BCUT2D eigenvalue weighted by molar-refractivity contribution is 5.98. The summed E-state index contributed by atoms with van der Waals surface area (Å²) >= 11 is 0. The van der Waals surface area contributed by atoms with E-state index in [9.17, 15) is 4.79 Å². The molecule has 2 rings (SSSR count). The standard InChI is InChI=1S/C14H21N3O2/c1-15-13-12(6-3-7-16-13)14(18)17(2)9-11-5-4-8-19-10-11/h3,6-7,11H,4-5,8-10H2,1-2H3,(H,15,16). The lowest BCUT2D eigenvalue weighted by Crippen LogP contribution is -2.35. The Morgan fingerprint density at radius 2 is 2.47 bits per heavy atom. The number of pyridine rings is 1. The molecule has 0 aliphatic carbocycles. The largest absolute Gasteiger partial charge is 0.381 e. The second kappa shape index (κ2) is 6.52. The normalized spacial score (nSPS) is 18.9. The van der Waals surface area contributed by atoms with E-state index in [2.05, 4.69) is 10.3 Å². The zero-order valence-electron chi connectivity index (χ0n) is 11.6. The van der Waals surface area contributed by atoms with Crippen molar-refractivity contribution < 1.29 is 9.53 Å². The third-order valence-corrected chi connectivity index (χ3v) is 3.41. The summed E-state index contributed by atoms with van der Waals surface area (Å²) in [7, 11) is 3.61. The summed E-state index contributed by atoms with van der Waals surface area (Å²) in [6, 6.07) is 3.58. The molecule has 2 heterocycles. The summed E-state index contributed by atoms with van der Waals surface area (Å²) in [6.45, 7) is 2.33. The van der Waals surface area contributed by atoms with Crippen molar-refractivity contribution in [1.29, 1.82) is 0 Å². The summed E-state index contributed by atoms with van der Waals surface area (Å²) in [5, 5.41) is 2.95. The molecule has 0 bridgehead atoms. The van der Waals surface area contributed by atoms with Crippen LogP contribution in [0.2, 0.25) is 0 Å². The first-order chi connectivity index (χ1) is 9.22. The minimum atomic E-state index is 0.00280. The highest BCUT2D eigenvalue weighted by atomic mass is 16.5. The van der Waals surface area contributed by atoms with Crippen LogP contribution in [0.3, 0.4) is 0 Å². The highest BCUT2D eigenvalue weighted by Crippen LogP contribution is 2.17. The molecule has 104 valence electrons. The van der Waals surface area contributed by atoms with Gasteiger partial charge in [0.2, 0.25) is 0 Å². The lowest BCUT2D eigenvalue weighted by Gasteiger charge is -2.27. The topological polar surface area (TPSA) is 54.5 Å². The third kappa shape index (κ3) is 3.44. The maximum Gasteiger partial charge on any atom is 0.257 e. The summed E-state index contributed by atoms with van der Waals surface area (Å²) in [6.07, 6.45) is 3.89. The molecule has 1 aromatic heterocycles. The van der Waals surface area contributed by atoms with Crippen molar-refractivity contribution in [3.8, 4) is 0 Å². The Labute approximate surface area is 114 Å². The number of rotatable bonds is 4. The molecule has 1 amide bonds. The number of hydrogen-bond acceptors (Lipinski definition) is 4.